The Morgan fingerprint density at radius 1 is 0.897 bits per heavy atom. The smallest absolute Gasteiger partial charge is 0.346 e. The fourth-order valence-corrected chi connectivity index (χ4v) is 2.86. The van der Waals surface area contributed by atoms with Crippen molar-refractivity contribution in [3.63, 3.8) is 0 Å². The number of esters is 1. The van der Waals surface area contributed by atoms with Crippen LogP contribution >= 0.6 is 0 Å². The summed E-state index contributed by atoms with van der Waals surface area (Å²) in [5, 5.41) is 11.0. The average molecular weight is 392 g/mol. The van der Waals surface area contributed by atoms with Gasteiger partial charge in [0.1, 0.15) is 17.6 Å². The quantitative estimate of drug-likeness (QED) is 0.457. The van der Waals surface area contributed by atoms with Crippen molar-refractivity contribution >= 4 is 5.97 Å². The fraction of sp³-hybridized carbons (Fsp3) is 0.208. The van der Waals surface area contributed by atoms with Crippen LogP contribution in [0.1, 0.15) is 24.2 Å². The molecule has 0 saturated heterocycles. The van der Waals surface area contributed by atoms with Gasteiger partial charge in [-0.25, -0.2) is 4.79 Å². The standard InChI is InChI=1S/C24H24O5/c1-24(22(25)19-11-7-4-8-12-19,28-17-18-9-5-3-6-10-18)23(26)29-21-15-13-20(27-2)14-16-21/h3-16,22,25H,17H2,1-2H3/t22-,24+/m1/s1. The number of carbonyl (C=O) groups excluding carboxylic acids is 1. The highest BCUT2D eigenvalue weighted by Crippen LogP contribution is 2.32. The number of carbonyl (C=O) groups is 1. The van der Waals surface area contributed by atoms with E-state index in [2.05, 4.69) is 0 Å². The second-order valence-corrected chi connectivity index (χ2v) is 6.76. The van der Waals surface area contributed by atoms with Crippen molar-refractivity contribution in [2.75, 3.05) is 7.11 Å². The van der Waals surface area contributed by atoms with E-state index < -0.39 is 17.7 Å². The van der Waals surface area contributed by atoms with Crippen LogP contribution in [-0.4, -0.2) is 23.8 Å². The minimum absolute atomic E-state index is 0.152. The highest BCUT2D eigenvalue weighted by molar-refractivity contribution is 5.82. The molecular formula is C24H24O5. The van der Waals surface area contributed by atoms with Crippen LogP contribution in [0.3, 0.4) is 0 Å². The Morgan fingerprint density at radius 2 is 1.45 bits per heavy atom. The second kappa shape index (κ2) is 9.37. The molecular weight excluding hydrogens is 368 g/mol. The molecule has 0 bridgehead atoms. The number of benzene rings is 3. The largest absolute Gasteiger partial charge is 0.497 e. The molecule has 3 rings (SSSR count). The molecule has 3 aromatic carbocycles. The van der Waals surface area contributed by atoms with Crippen molar-refractivity contribution in [2.45, 2.75) is 25.2 Å². The molecule has 0 aliphatic carbocycles. The van der Waals surface area contributed by atoms with Crippen molar-refractivity contribution in [1.82, 2.24) is 0 Å². The Bertz CT molecular complexity index is 909. The van der Waals surface area contributed by atoms with Gasteiger partial charge in [0.05, 0.1) is 13.7 Å². The van der Waals surface area contributed by atoms with Gasteiger partial charge in [-0.15, -0.1) is 0 Å². The third-order valence-electron chi connectivity index (χ3n) is 4.69. The molecule has 0 saturated carbocycles. The summed E-state index contributed by atoms with van der Waals surface area (Å²) in [5.41, 5.74) is -0.164. The van der Waals surface area contributed by atoms with E-state index in [0.29, 0.717) is 17.1 Å². The van der Waals surface area contributed by atoms with Crippen molar-refractivity contribution in [2.24, 2.45) is 0 Å². The molecule has 0 heterocycles. The monoisotopic (exact) mass is 392 g/mol. The third-order valence-corrected chi connectivity index (χ3v) is 4.69. The Hall–Kier alpha value is -3.15. The summed E-state index contributed by atoms with van der Waals surface area (Å²) in [6, 6.07) is 25.0. The predicted molar refractivity (Wildman–Crippen MR) is 110 cm³/mol. The predicted octanol–water partition coefficient (Wildman–Crippen LogP) is 4.31. The number of hydrogen-bond acceptors (Lipinski definition) is 5. The average Bonchev–Trinajstić information content (AvgIpc) is 2.78. The summed E-state index contributed by atoms with van der Waals surface area (Å²) in [7, 11) is 1.56. The Labute approximate surface area is 170 Å². The Balaban J connectivity index is 1.84. The minimum atomic E-state index is -1.61. The maximum absolute atomic E-state index is 13.1. The van der Waals surface area contributed by atoms with E-state index in [-0.39, 0.29) is 6.61 Å². The maximum Gasteiger partial charge on any atom is 0.346 e. The Kier molecular flexibility index (Phi) is 6.65. The fourth-order valence-electron chi connectivity index (χ4n) is 2.86. The van der Waals surface area contributed by atoms with Gasteiger partial charge in [-0.05, 0) is 42.3 Å². The van der Waals surface area contributed by atoms with E-state index in [1.807, 2.05) is 36.4 Å². The van der Waals surface area contributed by atoms with Crippen LogP contribution in [0.4, 0.5) is 0 Å². The van der Waals surface area contributed by atoms with Gasteiger partial charge in [0.2, 0.25) is 0 Å². The molecule has 2 atom stereocenters. The molecule has 0 spiro atoms. The normalized spacial score (nSPS) is 13.9. The Morgan fingerprint density at radius 3 is 2.03 bits per heavy atom. The number of rotatable bonds is 8. The van der Waals surface area contributed by atoms with E-state index >= 15 is 0 Å². The molecule has 5 heteroatoms. The maximum atomic E-state index is 13.1. The van der Waals surface area contributed by atoms with E-state index in [0.717, 1.165) is 5.56 Å². The summed E-state index contributed by atoms with van der Waals surface area (Å²) in [4.78, 5) is 13.1. The lowest BCUT2D eigenvalue weighted by atomic mass is 9.92. The van der Waals surface area contributed by atoms with Crippen LogP contribution < -0.4 is 9.47 Å². The first-order chi connectivity index (χ1) is 14.0. The van der Waals surface area contributed by atoms with Gasteiger partial charge in [-0.1, -0.05) is 60.7 Å². The summed E-state index contributed by atoms with van der Waals surface area (Å²) < 4.78 is 16.6. The van der Waals surface area contributed by atoms with Crippen molar-refractivity contribution in [3.8, 4) is 11.5 Å². The minimum Gasteiger partial charge on any atom is -0.497 e. The van der Waals surface area contributed by atoms with Crippen LogP contribution in [-0.2, 0) is 16.1 Å². The van der Waals surface area contributed by atoms with Crippen LogP contribution in [0.5, 0.6) is 11.5 Å². The molecule has 0 aliphatic heterocycles. The van der Waals surface area contributed by atoms with Gasteiger partial charge in [0, 0.05) is 0 Å². The van der Waals surface area contributed by atoms with Gasteiger partial charge in [0.25, 0.3) is 0 Å². The summed E-state index contributed by atoms with van der Waals surface area (Å²) in [6.07, 6.45) is -1.21. The zero-order valence-corrected chi connectivity index (χ0v) is 16.4. The molecule has 0 unspecified atom stereocenters. The molecule has 0 amide bonds. The zero-order valence-electron chi connectivity index (χ0n) is 16.4. The van der Waals surface area contributed by atoms with E-state index in [1.165, 1.54) is 0 Å². The molecule has 29 heavy (non-hydrogen) atoms. The summed E-state index contributed by atoms with van der Waals surface area (Å²) >= 11 is 0. The SMILES string of the molecule is COc1ccc(OC(=O)[C@@](C)(OCc2ccccc2)[C@H](O)c2ccccc2)cc1. The lowest BCUT2D eigenvalue weighted by Crippen LogP contribution is -2.47. The first kappa shape index (κ1) is 20.6. The lowest BCUT2D eigenvalue weighted by molar-refractivity contribution is -0.180. The van der Waals surface area contributed by atoms with Gasteiger partial charge in [-0.3, -0.25) is 0 Å². The zero-order chi connectivity index (χ0) is 20.7. The van der Waals surface area contributed by atoms with E-state index in [4.69, 9.17) is 14.2 Å². The van der Waals surface area contributed by atoms with E-state index in [9.17, 15) is 9.90 Å². The topological polar surface area (TPSA) is 65.0 Å². The molecule has 3 aromatic rings. The van der Waals surface area contributed by atoms with Crippen molar-refractivity contribution < 1.29 is 24.1 Å². The van der Waals surface area contributed by atoms with Crippen LogP contribution in [0.2, 0.25) is 0 Å². The van der Waals surface area contributed by atoms with Gasteiger partial charge >= 0.3 is 5.97 Å². The van der Waals surface area contributed by atoms with Crippen molar-refractivity contribution in [3.05, 3.63) is 96.1 Å². The number of hydrogen-bond donors (Lipinski definition) is 1. The van der Waals surface area contributed by atoms with Gasteiger partial charge in [0.15, 0.2) is 5.60 Å². The number of aliphatic hydroxyl groups is 1. The molecule has 0 fully saturated rings. The van der Waals surface area contributed by atoms with Crippen LogP contribution in [0, 0.1) is 0 Å². The molecule has 0 aliphatic rings. The van der Waals surface area contributed by atoms with Crippen molar-refractivity contribution in [1.29, 1.82) is 0 Å². The molecule has 0 radical (unpaired) electrons. The highest BCUT2D eigenvalue weighted by atomic mass is 16.6. The molecule has 5 nitrogen and oxygen atoms in total. The third kappa shape index (κ3) is 5.02. The first-order valence-corrected chi connectivity index (χ1v) is 9.30. The lowest BCUT2D eigenvalue weighted by Gasteiger charge is -2.32. The van der Waals surface area contributed by atoms with Gasteiger partial charge < -0.3 is 19.3 Å². The first-order valence-electron chi connectivity index (χ1n) is 9.30. The molecule has 0 aromatic heterocycles. The number of methoxy groups -OCH3 is 1. The van der Waals surface area contributed by atoms with Gasteiger partial charge in [-0.2, -0.15) is 0 Å². The molecule has 1 N–H and O–H groups in total. The van der Waals surface area contributed by atoms with E-state index in [1.54, 1.807) is 62.6 Å². The highest BCUT2D eigenvalue weighted by Gasteiger charge is 2.44. The number of ether oxygens (including phenoxy) is 3. The van der Waals surface area contributed by atoms with Crippen LogP contribution in [0.25, 0.3) is 0 Å². The summed E-state index contributed by atoms with van der Waals surface area (Å²) in [5.74, 6) is 0.303. The van der Waals surface area contributed by atoms with Crippen LogP contribution in [0.15, 0.2) is 84.9 Å². The molecule has 150 valence electrons. The summed E-state index contributed by atoms with van der Waals surface area (Å²) in [6.45, 7) is 1.69. The number of aliphatic hydroxyl groups excluding tert-OH is 1. The second-order valence-electron chi connectivity index (χ2n) is 6.76.